The number of pyridine rings is 1. The molecule has 1 aromatic heterocycles. The van der Waals surface area contributed by atoms with E-state index < -0.39 is 5.54 Å². The number of aromatic nitrogens is 1. The molecule has 1 aliphatic carbocycles. The van der Waals surface area contributed by atoms with E-state index in [1.165, 1.54) is 0 Å². The van der Waals surface area contributed by atoms with E-state index in [1.807, 2.05) is 12.1 Å². The predicted octanol–water partition coefficient (Wildman–Crippen LogP) is 1.10. The van der Waals surface area contributed by atoms with Crippen molar-refractivity contribution in [2.45, 2.75) is 44.8 Å². The molecule has 0 spiro atoms. The van der Waals surface area contributed by atoms with Crippen LogP contribution >= 0.6 is 0 Å². The summed E-state index contributed by atoms with van der Waals surface area (Å²) < 4.78 is 0. The molecule has 1 saturated carbocycles. The maximum absolute atomic E-state index is 12.6. The average Bonchev–Trinajstić information content (AvgIpc) is 3.21. The van der Waals surface area contributed by atoms with Crippen molar-refractivity contribution in [2.24, 2.45) is 5.92 Å². The zero-order valence-electron chi connectivity index (χ0n) is 11.8. The molecule has 0 radical (unpaired) electrons. The average molecular weight is 273 g/mol. The first-order chi connectivity index (χ1) is 9.49. The van der Waals surface area contributed by atoms with Crippen molar-refractivity contribution in [1.29, 1.82) is 0 Å². The van der Waals surface area contributed by atoms with Crippen molar-refractivity contribution in [3.63, 3.8) is 0 Å². The monoisotopic (exact) mass is 273 g/mol. The van der Waals surface area contributed by atoms with Crippen LogP contribution in [0.3, 0.4) is 0 Å². The molecule has 1 atom stereocenters. The lowest BCUT2D eigenvalue weighted by Gasteiger charge is -2.43. The van der Waals surface area contributed by atoms with Gasteiger partial charge in [-0.25, -0.2) is 0 Å². The van der Waals surface area contributed by atoms with Crippen molar-refractivity contribution in [1.82, 2.24) is 15.2 Å². The van der Waals surface area contributed by atoms with Gasteiger partial charge in [-0.3, -0.25) is 14.6 Å². The Morgan fingerprint density at radius 2 is 1.95 bits per heavy atom. The quantitative estimate of drug-likeness (QED) is 0.897. The lowest BCUT2D eigenvalue weighted by molar-refractivity contribution is -0.155. The number of piperazine rings is 1. The Labute approximate surface area is 118 Å². The van der Waals surface area contributed by atoms with E-state index in [0.29, 0.717) is 12.5 Å². The molecule has 106 valence electrons. The molecule has 5 nitrogen and oxygen atoms in total. The van der Waals surface area contributed by atoms with Gasteiger partial charge in [0.2, 0.25) is 11.8 Å². The van der Waals surface area contributed by atoms with Gasteiger partial charge in [0.1, 0.15) is 11.6 Å². The van der Waals surface area contributed by atoms with Gasteiger partial charge in [-0.15, -0.1) is 0 Å². The topological polar surface area (TPSA) is 62.3 Å². The maximum Gasteiger partial charge on any atom is 0.248 e. The minimum Gasteiger partial charge on any atom is -0.340 e. The molecule has 1 unspecified atom stereocenters. The summed E-state index contributed by atoms with van der Waals surface area (Å²) >= 11 is 0. The number of rotatable bonds is 3. The van der Waals surface area contributed by atoms with Crippen LogP contribution in [0.25, 0.3) is 0 Å². The number of hydrogen-bond acceptors (Lipinski definition) is 3. The molecule has 1 saturated heterocycles. The van der Waals surface area contributed by atoms with Gasteiger partial charge in [0.15, 0.2) is 0 Å². The highest BCUT2D eigenvalue weighted by Gasteiger charge is 2.50. The summed E-state index contributed by atoms with van der Waals surface area (Å²) in [4.78, 5) is 30.7. The van der Waals surface area contributed by atoms with Crippen LogP contribution in [0, 0.1) is 5.92 Å². The van der Waals surface area contributed by atoms with Crippen molar-refractivity contribution in [2.75, 3.05) is 0 Å². The van der Waals surface area contributed by atoms with Gasteiger partial charge in [-0.2, -0.15) is 0 Å². The predicted molar refractivity (Wildman–Crippen MR) is 73.5 cm³/mol. The van der Waals surface area contributed by atoms with Crippen LogP contribution in [-0.4, -0.2) is 33.3 Å². The molecule has 1 aromatic rings. The lowest BCUT2D eigenvalue weighted by Crippen LogP contribution is -2.68. The zero-order chi connectivity index (χ0) is 14.3. The van der Waals surface area contributed by atoms with E-state index >= 15 is 0 Å². The second kappa shape index (κ2) is 4.58. The molecular formula is C15H19N3O2. The second-order valence-electron chi connectivity index (χ2n) is 6.19. The summed E-state index contributed by atoms with van der Waals surface area (Å²) in [6.45, 7) is 3.99. The molecule has 1 aliphatic heterocycles. The van der Waals surface area contributed by atoms with Crippen LogP contribution < -0.4 is 5.32 Å². The molecule has 0 aromatic carbocycles. The van der Waals surface area contributed by atoms with Crippen molar-refractivity contribution in [3.8, 4) is 0 Å². The number of carbonyl (C=O) groups excluding carboxylic acids is 2. The summed E-state index contributed by atoms with van der Waals surface area (Å²) in [6, 6.07) is 3.46. The van der Waals surface area contributed by atoms with E-state index in [9.17, 15) is 9.59 Å². The Bertz CT molecular complexity index is 537. The Morgan fingerprint density at radius 3 is 2.55 bits per heavy atom. The highest BCUT2D eigenvalue weighted by Crippen LogP contribution is 2.38. The summed E-state index contributed by atoms with van der Waals surface area (Å²) in [5.74, 6) is 0.286. The minimum atomic E-state index is -0.824. The summed E-state index contributed by atoms with van der Waals surface area (Å²) in [7, 11) is 0. The highest BCUT2D eigenvalue weighted by molar-refractivity contribution is 5.99. The fraction of sp³-hybridized carbons (Fsp3) is 0.533. The second-order valence-corrected chi connectivity index (χ2v) is 6.19. The minimum absolute atomic E-state index is 0.00851. The Hall–Kier alpha value is -1.91. The van der Waals surface area contributed by atoms with Crippen molar-refractivity contribution in [3.05, 3.63) is 30.1 Å². The van der Waals surface area contributed by atoms with Gasteiger partial charge < -0.3 is 10.2 Å². The third kappa shape index (κ3) is 2.28. The van der Waals surface area contributed by atoms with Crippen LogP contribution in [-0.2, 0) is 16.1 Å². The Kier molecular flexibility index (Phi) is 3.00. The van der Waals surface area contributed by atoms with E-state index in [2.05, 4.69) is 10.3 Å². The molecule has 5 heteroatoms. The van der Waals surface area contributed by atoms with Crippen LogP contribution in [0.2, 0.25) is 0 Å². The number of amides is 2. The van der Waals surface area contributed by atoms with Gasteiger partial charge in [0, 0.05) is 18.9 Å². The maximum atomic E-state index is 12.6. The third-order valence-corrected chi connectivity index (χ3v) is 4.01. The lowest BCUT2D eigenvalue weighted by atomic mass is 9.94. The van der Waals surface area contributed by atoms with Gasteiger partial charge in [0.05, 0.1) is 0 Å². The van der Waals surface area contributed by atoms with Crippen LogP contribution in [0.1, 0.15) is 32.3 Å². The molecule has 1 N–H and O–H groups in total. The first kappa shape index (κ1) is 13.1. The molecule has 20 heavy (non-hydrogen) atoms. The van der Waals surface area contributed by atoms with Gasteiger partial charge >= 0.3 is 0 Å². The number of hydrogen-bond donors (Lipinski definition) is 1. The Morgan fingerprint density at radius 1 is 1.30 bits per heavy atom. The summed E-state index contributed by atoms with van der Waals surface area (Å²) in [5, 5.41) is 2.85. The molecule has 2 aliphatic rings. The summed E-state index contributed by atoms with van der Waals surface area (Å²) in [6.07, 6.45) is 5.47. The van der Waals surface area contributed by atoms with Crippen LogP contribution in [0.4, 0.5) is 0 Å². The Balaban J connectivity index is 1.89. The molecule has 0 bridgehead atoms. The molecule has 2 heterocycles. The fourth-order valence-electron chi connectivity index (χ4n) is 2.80. The standard InChI is InChI=1S/C15H19N3O2/c1-15(2)14(20)18(9-10-5-7-16-8-6-10)12(11-3-4-11)13(19)17-15/h5-8,11-12H,3-4,9H2,1-2H3,(H,17,19). The number of nitrogens with one attached hydrogen (secondary N) is 1. The van der Waals surface area contributed by atoms with Crippen LogP contribution in [0.5, 0.6) is 0 Å². The van der Waals surface area contributed by atoms with Crippen LogP contribution in [0.15, 0.2) is 24.5 Å². The first-order valence-electron chi connectivity index (χ1n) is 7.01. The third-order valence-electron chi connectivity index (χ3n) is 4.01. The van der Waals surface area contributed by atoms with E-state index in [1.54, 1.807) is 31.1 Å². The normalized spacial score (nSPS) is 25.5. The van der Waals surface area contributed by atoms with Gasteiger partial charge in [-0.05, 0) is 50.3 Å². The highest BCUT2D eigenvalue weighted by atomic mass is 16.2. The molecule has 2 fully saturated rings. The zero-order valence-corrected chi connectivity index (χ0v) is 11.8. The smallest absolute Gasteiger partial charge is 0.248 e. The van der Waals surface area contributed by atoms with Gasteiger partial charge in [-0.1, -0.05) is 0 Å². The molecule has 2 amide bonds. The SMILES string of the molecule is CC1(C)NC(=O)C(C2CC2)N(Cc2ccncc2)C1=O. The van der Waals surface area contributed by atoms with Gasteiger partial charge in [0.25, 0.3) is 0 Å². The van der Waals surface area contributed by atoms with Crippen molar-refractivity contribution >= 4 is 11.8 Å². The first-order valence-corrected chi connectivity index (χ1v) is 7.01. The largest absolute Gasteiger partial charge is 0.340 e. The molecular weight excluding hydrogens is 254 g/mol. The number of carbonyl (C=O) groups is 2. The van der Waals surface area contributed by atoms with E-state index in [4.69, 9.17) is 0 Å². The summed E-state index contributed by atoms with van der Waals surface area (Å²) in [5.41, 5.74) is 0.180. The van der Waals surface area contributed by atoms with E-state index in [0.717, 1.165) is 18.4 Å². The van der Waals surface area contributed by atoms with E-state index in [-0.39, 0.29) is 17.9 Å². The fourth-order valence-corrected chi connectivity index (χ4v) is 2.80. The number of nitrogens with zero attached hydrogens (tertiary/aromatic N) is 2. The molecule has 3 rings (SSSR count). The van der Waals surface area contributed by atoms with Crippen molar-refractivity contribution < 1.29 is 9.59 Å².